The topological polar surface area (TPSA) is 79.5 Å². The zero-order valence-corrected chi connectivity index (χ0v) is 12.2. The molecule has 1 aliphatic carbocycles. The molecular weight excluding hydrogens is 266 g/mol. The molecule has 0 bridgehead atoms. The first-order valence-electron chi connectivity index (χ1n) is 6.67. The van der Waals surface area contributed by atoms with E-state index in [0.29, 0.717) is 17.1 Å². The van der Waals surface area contributed by atoms with Crippen LogP contribution in [-0.2, 0) is 16.6 Å². The van der Waals surface area contributed by atoms with Gasteiger partial charge < -0.3 is 9.52 Å². The normalized spacial score (nSPS) is 17.8. The van der Waals surface area contributed by atoms with E-state index < -0.39 is 10.0 Å². The Hall–Kier alpha value is -0.850. The first-order chi connectivity index (χ1) is 8.95. The Kier molecular flexibility index (Phi) is 4.32. The molecule has 0 unspecified atom stereocenters. The van der Waals surface area contributed by atoms with Gasteiger partial charge in [0.15, 0.2) is 0 Å². The summed E-state index contributed by atoms with van der Waals surface area (Å²) in [6, 6.07) is -0.0000935. The van der Waals surface area contributed by atoms with Crippen LogP contribution in [0.15, 0.2) is 9.31 Å². The summed E-state index contributed by atoms with van der Waals surface area (Å²) in [5.41, 5.74) is 0.362. The van der Waals surface area contributed by atoms with Gasteiger partial charge in [-0.15, -0.1) is 0 Å². The molecule has 1 heterocycles. The summed E-state index contributed by atoms with van der Waals surface area (Å²) in [7, 11) is -3.62. The fraction of sp³-hybridized carbons (Fsp3) is 0.692. The molecule has 1 aromatic rings. The summed E-state index contributed by atoms with van der Waals surface area (Å²) < 4.78 is 32.9. The van der Waals surface area contributed by atoms with Crippen molar-refractivity contribution in [2.24, 2.45) is 0 Å². The summed E-state index contributed by atoms with van der Waals surface area (Å²) in [6.45, 7) is 2.95. The van der Waals surface area contributed by atoms with Crippen molar-refractivity contribution in [2.75, 3.05) is 0 Å². The molecule has 19 heavy (non-hydrogen) atoms. The molecule has 6 heteroatoms. The monoisotopic (exact) mass is 287 g/mol. The number of nitrogens with one attached hydrogen (secondary N) is 1. The van der Waals surface area contributed by atoms with Gasteiger partial charge >= 0.3 is 0 Å². The summed E-state index contributed by atoms with van der Waals surface area (Å²) in [5, 5.41) is 9.33. The highest BCUT2D eigenvalue weighted by Crippen LogP contribution is 2.28. The van der Waals surface area contributed by atoms with E-state index in [1.165, 1.54) is 6.42 Å². The maximum atomic E-state index is 12.4. The molecule has 0 aromatic carbocycles. The summed E-state index contributed by atoms with van der Waals surface area (Å²) in [5.74, 6) is 0.800. The molecule has 0 atom stereocenters. The van der Waals surface area contributed by atoms with Crippen molar-refractivity contribution in [3.05, 3.63) is 17.1 Å². The lowest BCUT2D eigenvalue weighted by molar-refractivity contribution is 0.276. The van der Waals surface area contributed by atoms with E-state index in [2.05, 4.69) is 4.72 Å². The Morgan fingerprint density at radius 2 is 1.84 bits per heavy atom. The van der Waals surface area contributed by atoms with Gasteiger partial charge in [-0.1, -0.05) is 19.3 Å². The molecule has 1 aliphatic rings. The predicted octanol–water partition coefficient (Wildman–Crippen LogP) is 2.00. The van der Waals surface area contributed by atoms with E-state index in [1.54, 1.807) is 13.8 Å². The molecular formula is C13H21NO4S. The van der Waals surface area contributed by atoms with Gasteiger partial charge in [0, 0.05) is 11.6 Å². The van der Waals surface area contributed by atoms with Crippen molar-refractivity contribution in [3.63, 3.8) is 0 Å². The highest BCUT2D eigenvalue weighted by atomic mass is 32.2. The van der Waals surface area contributed by atoms with Gasteiger partial charge in [-0.2, -0.15) is 0 Å². The number of hydrogen-bond donors (Lipinski definition) is 2. The third kappa shape index (κ3) is 3.01. The van der Waals surface area contributed by atoms with Crippen LogP contribution in [0, 0.1) is 13.8 Å². The van der Waals surface area contributed by atoms with Crippen molar-refractivity contribution in [1.29, 1.82) is 0 Å². The minimum atomic E-state index is -3.62. The lowest BCUT2D eigenvalue weighted by Gasteiger charge is -2.22. The van der Waals surface area contributed by atoms with E-state index in [1.807, 2.05) is 0 Å². The van der Waals surface area contributed by atoms with Gasteiger partial charge in [0.2, 0.25) is 10.0 Å². The highest BCUT2D eigenvalue weighted by Gasteiger charge is 2.29. The van der Waals surface area contributed by atoms with Crippen molar-refractivity contribution in [1.82, 2.24) is 4.72 Å². The number of sulfonamides is 1. The average Bonchev–Trinajstić information content (AvgIpc) is 2.64. The Labute approximate surface area is 114 Å². The van der Waals surface area contributed by atoms with Gasteiger partial charge in [-0.3, -0.25) is 0 Å². The minimum absolute atomic E-state index is 0.0000935. The van der Waals surface area contributed by atoms with Crippen LogP contribution in [0.4, 0.5) is 0 Å². The smallest absolute Gasteiger partial charge is 0.244 e. The quantitative estimate of drug-likeness (QED) is 0.887. The molecule has 108 valence electrons. The van der Waals surface area contributed by atoms with Crippen LogP contribution < -0.4 is 4.72 Å². The SMILES string of the molecule is Cc1oc(C)c(S(=O)(=O)NC2CCCCC2)c1CO. The molecule has 1 aromatic heterocycles. The number of furan rings is 1. The molecule has 0 spiro atoms. The van der Waals surface area contributed by atoms with E-state index in [4.69, 9.17) is 4.42 Å². The van der Waals surface area contributed by atoms with Crippen LogP contribution in [0.25, 0.3) is 0 Å². The van der Waals surface area contributed by atoms with Crippen molar-refractivity contribution in [3.8, 4) is 0 Å². The molecule has 0 aliphatic heterocycles. The minimum Gasteiger partial charge on any atom is -0.465 e. The first kappa shape index (κ1) is 14.6. The van der Waals surface area contributed by atoms with Gasteiger partial charge in [-0.05, 0) is 26.7 Å². The second-order valence-corrected chi connectivity index (χ2v) is 6.79. The van der Waals surface area contributed by atoms with Crippen molar-refractivity contribution < 1.29 is 17.9 Å². The predicted molar refractivity (Wildman–Crippen MR) is 71.3 cm³/mol. The zero-order valence-electron chi connectivity index (χ0n) is 11.4. The van der Waals surface area contributed by atoms with E-state index in [9.17, 15) is 13.5 Å². The van der Waals surface area contributed by atoms with Crippen molar-refractivity contribution >= 4 is 10.0 Å². The van der Waals surface area contributed by atoms with Gasteiger partial charge in [0.05, 0.1) is 6.61 Å². The number of rotatable bonds is 4. The maximum absolute atomic E-state index is 12.4. The average molecular weight is 287 g/mol. The number of aliphatic hydroxyl groups is 1. The summed E-state index contributed by atoms with van der Waals surface area (Å²) in [4.78, 5) is 0.109. The van der Waals surface area contributed by atoms with Crippen LogP contribution in [0.2, 0.25) is 0 Å². The van der Waals surface area contributed by atoms with E-state index >= 15 is 0 Å². The van der Waals surface area contributed by atoms with E-state index in [0.717, 1.165) is 25.7 Å². The molecule has 1 saturated carbocycles. The molecule has 0 saturated heterocycles. The van der Waals surface area contributed by atoms with Crippen LogP contribution in [0.3, 0.4) is 0 Å². The van der Waals surface area contributed by atoms with Crippen molar-refractivity contribution in [2.45, 2.75) is 63.5 Å². The van der Waals surface area contributed by atoms with Crippen LogP contribution in [0.1, 0.15) is 49.2 Å². The Morgan fingerprint density at radius 1 is 1.21 bits per heavy atom. The maximum Gasteiger partial charge on any atom is 0.244 e. The summed E-state index contributed by atoms with van der Waals surface area (Å²) >= 11 is 0. The second kappa shape index (κ2) is 5.64. The second-order valence-electron chi connectivity index (χ2n) is 5.14. The largest absolute Gasteiger partial charge is 0.465 e. The molecule has 5 nitrogen and oxygen atoms in total. The molecule has 0 radical (unpaired) electrons. The van der Waals surface area contributed by atoms with Crippen LogP contribution in [-0.4, -0.2) is 19.6 Å². The summed E-state index contributed by atoms with van der Waals surface area (Å²) in [6.07, 6.45) is 5.05. The third-order valence-corrected chi connectivity index (χ3v) is 5.39. The fourth-order valence-electron chi connectivity index (χ4n) is 2.74. The van der Waals surface area contributed by atoms with Gasteiger partial charge in [0.1, 0.15) is 16.4 Å². The molecule has 2 rings (SSSR count). The number of hydrogen-bond acceptors (Lipinski definition) is 4. The first-order valence-corrected chi connectivity index (χ1v) is 8.16. The Balaban J connectivity index is 2.28. The Morgan fingerprint density at radius 3 is 2.42 bits per heavy atom. The highest BCUT2D eigenvalue weighted by molar-refractivity contribution is 7.89. The van der Waals surface area contributed by atoms with Gasteiger partial charge in [0.25, 0.3) is 0 Å². The molecule has 1 fully saturated rings. The van der Waals surface area contributed by atoms with Gasteiger partial charge in [-0.25, -0.2) is 13.1 Å². The molecule has 2 N–H and O–H groups in total. The third-order valence-electron chi connectivity index (χ3n) is 3.68. The number of aryl methyl sites for hydroxylation is 2. The fourth-order valence-corrected chi connectivity index (χ4v) is 4.49. The standard InChI is InChI=1S/C13H21NO4S/c1-9-12(8-15)13(10(2)18-9)19(16,17)14-11-6-4-3-5-7-11/h11,14-15H,3-8H2,1-2H3. The lowest BCUT2D eigenvalue weighted by atomic mass is 9.96. The van der Waals surface area contributed by atoms with E-state index in [-0.39, 0.29) is 17.5 Å². The lowest BCUT2D eigenvalue weighted by Crippen LogP contribution is -2.36. The Bertz CT molecular complexity index is 541. The zero-order chi connectivity index (χ0) is 14.0. The molecule has 0 amide bonds. The van der Waals surface area contributed by atoms with Crippen LogP contribution in [0.5, 0.6) is 0 Å². The number of aliphatic hydroxyl groups excluding tert-OH is 1. The van der Waals surface area contributed by atoms with Crippen LogP contribution >= 0.6 is 0 Å².